The average Bonchev–Trinajstić information content (AvgIpc) is 3.52. The van der Waals surface area contributed by atoms with Gasteiger partial charge >= 0.3 is 5.91 Å². The van der Waals surface area contributed by atoms with Crippen molar-refractivity contribution in [2.75, 3.05) is 4.90 Å². The topological polar surface area (TPSA) is 79.7 Å². The smallest absolute Gasteiger partial charge is 0.301 e. The van der Waals surface area contributed by atoms with Crippen molar-refractivity contribution in [2.45, 2.75) is 26.0 Å². The second kappa shape index (κ2) is 8.86. The van der Waals surface area contributed by atoms with Gasteiger partial charge in [0.2, 0.25) is 0 Å². The summed E-state index contributed by atoms with van der Waals surface area (Å²) < 4.78 is 33.9. The highest BCUT2D eigenvalue weighted by Gasteiger charge is 2.48. The van der Waals surface area contributed by atoms with Crippen LogP contribution in [0.15, 0.2) is 59.5 Å². The summed E-state index contributed by atoms with van der Waals surface area (Å²) in [5.74, 6) is -3.20. The summed E-state index contributed by atoms with van der Waals surface area (Å²) in [6, 6.07) is 10.9. The molecule has 1 fully saturated rings. The van der Waals surface area contributed by atoms with E-state index < -0.39 is 29.4 Å². The number of aromatic nitrogens is 1. The second-order valence-electron chi connectivity index (χ2n) is 8.11. The molecule has 1 aliphatic heterocycles. The van der Waals surface area contributed by atoms with Crippen LogP contribution >= 0.6 is 22.7 Å². The van der Waals surface area contributed by atoms with Gasteiger partial charge in [-0.2, -0.15) is 0 Å². The highest BCUT2D eigenvalue weighted by molar-refractivity contribution is 7.22. The Balaban J connectivity index is 1.64. The van der Waals surface area contributed by atoms with E-state index in [0.29, 0.717) is 22.3 Å². The zero-order valence-corrected chi connectivity index (χ0v) is 20.1. The van der Waals surface area contributed by atoms with Crippen LogP contribution in [0.2, 0.25) is 0 Å². The number of halogens is 2. The third-order valence-electron chi connectivity index (χ3n) is 5.36. The molecule has 178 valence electrons. The molecule has 1 amide bonds. The van der Waals surface area contributed by atoms with E-state index in [1.54, 1.807) is 41.8 Å². The number of carbonyl (C=O) groups is 2. The van der Waals surface area contributed by atoms with Crippen molar-refractivity contribution >= 4 is 55.5 Å². The van der Waals surface area contributed by atoms with Crippen LogP contribution in [-0.4, -0.2) is 27.9 Å². The summed E-state index contributed by atoms with van der Waals surface area (Å²) in [6.45, 7) is 3.78. The monoisotopic (exact) mass is 512 g/mol. The number of carbonyl (C=O) groups excluding carboxylic acids is 2. The predicted octanol–water partition coefficient (Wildman–Crippen LogP) is 6.05. The second-order valence-corrected chi connectivity index (χ2v) is 10.1. The van der Waals surface area contributed by atoms with Gasteiger partial charge in [-0.05, 0) is 55.6 Å². The third-order valence-corrected chi connectivity index (χ3v) is 7.29. The first-order chi connectivity index (χ1) is 16.7. The highest BCUT2D eigenvalue weighted by Crippen LogP contribution is 2.45. The molecule has 3 heterocycles. The van der Waals surface area contributed by atoms with E-state index >= 15 is 0 Å². The van der Waals surface area contributed by atoms with Gasteiger partial charge in [-0.3, -0.25) is 14.5 Å². The maximum absolute atomic E-state index is 14.3. The number of ether oxygens (including phenoxy) is 1. The molecule has 0 aliphatic carbocycles. The minimum absolute atomic E-state index is 0.0322. The summed E-state index contributed by atoms with van der Waals surface area (Å²) in [7, 11) is 0. The number of hydrogen-bond acceptors (Lipinski definition) is 7. The number of fused-ring (bicyclic) bond motifs is 1. The van der Waals surface area contributed by atoms with Gasteiger partial charge in [-0.1, -0.05) is 17.4 Å². The van der Waals surface area contributed by atoms with Gasteiger partial charge in [-0.15, -0.1) is 11.3 Å². The molecule has 35 heavy (non-hydrogen) atoms. The molecule has 1 unspecified atom stereocenters. The number of hydrogen-bond donors (Lipinski definition) is 1. The van der Waals surface area contributed by atoms with Crippen molar-refractivity contribution in [1.82, 2.24) is 4.98 Å². The van der Waals surface area contributed by atoms with E-state index in [0.717, 1.165) is 22.3 Å². The highest BCUT2D eigenvalue weighted by atomic mass is 32.1. The van der Waals surface area contributed by atoms with Crippen LogP contribution in [0.3, 0.4) is 0 Å². The molecule has 0 bridgehead atoms. The lowest BCUT2D eigenvalue weighted by molar-refractivity contribution is -0.132. The molecule has 1 N–H and O–H groups in total. The van der Waals surface area contributed by atoms with Gasteiger partial charge in [-0.25, -0.2) is 13.8 Å². The molecular weight excluding hydrogens is 494 g/mol. The summed E-state index contributed by atoms with van der Waals surface area (Å²) >= 11 is 2.18. The van der Waals surface area contributed by atoms with E-state index in [-0.39, 0.29) is 32.8 Å². The Morgan fingerprint density at radius 1 is 1.14 bits per heavy atom. The summed E-state index contributed by atoms with van der Waals surface area (Å²) in [5, 5.41) is 13.0. The normalized spacial score (nSPS) is 17.6. The van der Waals surface area contributed by atoms with Crippen molar-refractivity contribution in [3.63, 3.8) is 0 Å². The predicted molar refractivity (Wildman–Crippen MR) is 131 cm³/mol. The van der Waals surface area contributed by atoms with Crippen LogP contribution in [0, 0.1) is 11.6 Å². The molecular formula is C25H18F2N2O4S2. The summed E-state index contributed by atoms with van der Waals surface area (Å²) in [4.78, 5) is 32.3. The third kappa shape index (κ3) is 4.08. The fourth-order valence-electron chi connectivity index (χ4n) is 3.91. The maximum atomic E-state index is 14.3. The minimum Gasteiger partial charge on any atom is -0.507 e. The molecule has 5 rings (SSSR count). The van der Waals surface area contributed by atoms with E-state index in [2.05, 4.69) is 4.98 Å². The summed E-state index contributed by atoms with van der Waals surface area (Å²) in [6.07, 6.45) is -0.0364. The zero-order valence-electron chi connectivity index (χ0n) is 18.5. The van der Waals surface area contributed by atoms with Gasteiger partial charge in [0.25, 0.3) is 5.78 Å². The Bertz CT molecular complexity index is 1480. The van der Waals surface area contributed by atoms with Crippen LogP contribution < -0.4 is 9.64 Å². The molecule has 2 aromatic heterocycles. The average molecular weight is 513 g/mol. The maximum Gasteiger partial charge on any atom is 0.301 e. The number of ketones is 1. The number of rotatable bonds is 5. The lowest BCUT2D eigenvalue weighted by Gasteiger charge is -2.21. The van der Waals surface area contributed by atoms with Crippen molar-refractivity contribution in [2.24, 2.45) is 0 Å². The van der Waals surface area contributed by atoms with Gasteiger partial charge in [0.05, 0.1) is 16.4 Å². The number of thiazole rings is 1. The van der Waals surface area contributed by atoms with E-state index in [9.17, 15) is 23.5 Å². The zero-order chi connectivity index (χ0) is 24.9. The molecule has 0 saturated carbocycles. The number of anilines is 1. The first kappa shape index (κ1) is 23.1. The number of aliphatic hydroxyl groups is 1. The van der Waals surface area contributed by atoms with Crippen LogP contribution in [0.1, 0.15) is 30.3 Å². The van der Waals surface area contributed by atoms with Crippen molar-refractivity contribution in [3.05, 3.63) is 81.6 Å². The van der Waals surface area contributed by atoms with Crippen LogP contribution in [0.25, 0.3) is 16.0 Å². The first-order valence-corrected chi connectivity index (χ1v) is 12.3. The fourth-order valence-corrected chi connectivity index (χ4v) is 5.77. The lowest BCUT2D eigenvalue weighted by atomic mass is 10.00. The van der Waals surface area contributed by atoms with E-state index in [1.807, 2.05) is 13.8 Å². The van der Waals surface area contributed by atoms with Crippen molar-refractivity contribution < 1.29 is 28.2 Å². The molecule has 0 spiro atoms. The Kier molecular flexibility index (Phi) is 5.86. The van der Waals surface area contributed by atoms with Crippen LogP contribution in [-0.2, 0) is 9.59 Å². The quantitative estimate of drug-likeness (QED) is 0.200. The number of Topliss-reactive ketones (excluding diaryl/α,β-unsaturated/α-hetero) is 1. The largest absolute Gasteiger partial charge is 0.507 e. The van der Waals surface area contributed by atoms with E-state index in [4.69, 9.17) is 4.74 Å². The van der Waals surface area contributed by atoms with Gasteiger partial charge in [0, 0.05) is 16.5 Å². The standard InChI is InChI=1S/C25H18F2N2O4S2/c1-12(2)33-15-7-5-13(6-8-15)22(30)19-21(17-4-3-9-34-17)29(24(32)23(19)31)25-28-20-16(27)10-14(26)11-18(20)35-25/h3-12,21,30H,1-2H3/b22-19+. The van der Waals surface area contributed by atoms with Gasteiger partial charge < -0.3 is 9.84 Å². The minimum atomic E-state index is -0.977. The number of amides is 1. The number of nitrogens with zero attached hydrogens (tertiary/aromatic N) is 2. The molecule has 0 radical (unpaired) electrons. The van der Waals surface area contributed by atoms with Gasteiger partial charge in [0.1, 0.15) is 28.9 Å². The molecule has 1 aliphatic rings. The van der Waals surface area contributed by atoms with Crippen LogP contribution in [0.5, 0.6) is 5.75 Å². The fraction of sp³-hybridized carbons (Fsp3) is 0.160. The molecule has 1 atom stereocenters. The SMILES string of the molecule is CC(C)Oc1ccc(/C(O)=C2\C(=O)C(=O)N(c3nc4c(F)cc(F)cc4s3)C2c2cccs2)cc1. The Morgan fingerprint density at radius 2 is 1.89 bits per heavy atom. The molecule has 2 aromatic carbocycles. The van der Waals surface area contributed by atoms with Gasteiger partial charge in [0.15, 0.2) is 10.9 Å². The lowest BCUT2D eigenvalue weighted by Crippen LogP contribution is -2.28. The van der Waals surface area contributed by atoms with Crippen molar-refractivity contribution in [1.29, 1.82) is 0 Å². The van der Waals surface area contributed by atoms with E-state index in [1.165, 1.54) is 11.3 Å². The summed E-state index contributed by atoms with van der Waals surface area (Å²) in [5.41, 5.74) is 0.123. The first-order valence-electron chi connectivity index (χ1n) is 10.6. The Hall–Kier alpha value is -3.63. The Morgan fingerprint density at radius 3 is 2.54 bits per heavy atom. The number of benzene rings is 2. The number of thiophene rings is 1. The molecule has 4 aromatic rings. The molecule has 1 saturated heterocycles. The molecule has 10 heteroatoms. The van der Waals surface area contributed by atoms with Crippen LogP contribution in [0.4, 0.5) is 13.9 Å². The number of aliphatic hydroxyl groups excluding tert-OH is 1. The Labute approximate surface area is 206 Å². The molecule has 6 nitrogen and oxygen atoms in total. The van der Waals surface area contributed by atoms with Crippen molar-refractivity contribution in [3.8, 4) is 5.75 Å².